The minimum absolute atomic E-state index is 0. The molecule has 4 heteroatoms. The van der Waals surface area contributed by atoms with E-state index in [2.05, 4.69) is 0 Å². The van der Waals surface area contributed by atoms with Crippen LogP contribution >= 0.6 is 0 Å². The maximum atomic E-state index is 10.3. The zero-order valence-corrected chi connectivity index (χ0v) is 6.99. The summed E-state index contributed by atoms with van der Waals surface area (Å²) in [5, 5.41) is 8.76. The molecule has 0 fully saturated rings. The predicted molar refractivity (Wildman–Crippen MR) is 37.8 cm³/mol. The molecule has 0 heterocycles. The Kier molecular flexibility index (Phi) is 3.92. The van der Waals surface area contributed by atoms with E-state index in [1.165, 1.54) is 12.1 Å². The average molecular weight is 202 g/mol. The number of rotatable bonds is 1. The van der Waals surface area contributed by atoms with Crippen molar-refractivity contribution in [1.29, 1.82) is 0 Å². The first-order chi connectivity index (χ1) is 4.33. The van der Waals surface area contributed by atoms with Crippen LogP contribution in [0.2, 0.25) is 0 Å². The zero-order valence-electron chi connectivity index (χ0n) is 5.11. The number of hydrogen-bond donors (Lipinski definition) is 1. The van der Waals surface area contributed by atoms with Gasteiger partial charge in [-0.3, -0.25) is 0 Å². The molecule has 0 spiro atoms. The molecule has 0 saturated carbocycles. The van der Waals surface area contributed by atoms with Crippen molar-refractivity contribution in [2.24, 2.45) is 0 Å². The molecule has 1 rings (SSSR count). The summed E-state index contributed by atoms with van der Waals surface area (Å²) in [5.74, 6) is 0.216. The summed E-state index contributed by atoms with van der Waals surface area (Å²) in [6, 6.07) is 6.37. The van der Waals surface area contributed by atoms with Gasteiger partial charge in [0.05, 0.1) is 0 Å². The molecule has 10 heavy (non-hydrogen) atoms. The van der Waals surface area contributed by atoms with E-state index in [0.29, 0.717) is 0 Å². The number of phenols is 1. The summed E-state index contributed by atoms with van der Waals surface area (Å²) >= 11 is -0.940. The molecular formula is C6H7AsO3. The number of aromatic hydroxyl groups is 1. The van der Waals surface area contributed by atoms with Crippen molar-refractivity contribution in [3.05, 3.63) is 24.3 Å². The minimum atomic E-state index is -0.940. The monoisotopic (exact) mass is 202 g/mol. The Bertz CT molecular complexity index is 207. The van der Waals surface area contributed by atoms with Gasteiger partial charge in [-0.25, -0.2) is 0 Å². The van der Waals surface area contributed by atoms with Crippen LogP contribution in [0.4, 0.5) is 0 Å². The molecule has 0 amide bonds. The summed E-state index contributed by atoms with van der Waals surface area (Å²) < 4.78 is 11.1. The quantitative estimate of drug-likeness (QED) is 0.608. The SMILES string of the molecule is O.O=[As]c1ccc(O)cc1. The Morgan fingerprint density at radius 3 is 2.10 bits per heavy atom. The number of hydrogen-bond acceptors (Lipinski definition) is 2. The second-order valence-electron chi connectivity index (χ2n) is 1.61. The third-order valence-electron chi connectivity index (χ3n) is 0.955. The van der Waals surface area contributed by atoms with E-state index in [1.54, 1.807) is 12.1 Å². The van der Waals surface area contributed by atoms with E-state index in [0.717, 1.165) is 4.35 Å². The topological polar surface area (TPSA) is 68.8 Å². The zero-order chi connectivity index (χ0) is 6.69. The van der Waals surface area contributed by atoms with E-state index >= 15 is 0 Å². The van der Waals surface area contributed by atoms with Crippen molar-refractivity contribution in [2.75, 3.05) is 0 Å². The first kappa shape index (κ1) is 9.34. The fraction of sp³-hybridized carbons (Fsp3) is 0. The molecule has 0 bridgehead atoms. The van der Waals surface area contributed by atoms with Crippen molar-refractivity contribution >= 4 is 20.0 Å². The second kappa shape index (κ2) is 4.20. The normalized spacial score (nSPS) is 8.80. The fourth-order valence-electron chi connectivity index (χ4n) is 0.513. The molecule has 3 N–H and O–H groups in total. The molecule has 0 radical (unpaired) electrons. The number of phenolic OH excluding ortho intramolecular Hbond substituents is 1. The van der Waals surface area contributed by atoms with Crippen molar-refractivity contribution in [2.45, 2.75) is 0 Å². The van der Waals surface area contributed by atoms with Crippen molar-refractivity contribution in [1.82, 2.24) is 0 Å². The van der Waals surface area contributed by atoms with Crippen LogP contribution in [0.1, 0.15) is 0 Å². The van der Waals surface area contributed by atoms with E-state index in [-0.39, 0.29) is 11.2 Å². The molecule has 1 aromatic carbocycles. The van der Waals surface area contributed by atoms with Gasteiger partial charge in [-0.05, 0) is 0 Å². The summed E-state index contributed by atoms with van der Waals surface area (Å²) in [6.07, 6.45) is 0. The van der Waals surface area contributed by atoms with Gasteiger partial charge in [-0.1, -0.05) is 0 Å². The van der Waals surface area contributed by atoms with Crippen LogP contribution in [0.3, 0.4) is 0 Å². The molecule has 1 aromatic rings. The van der Waals surface area contributed by atoms with Crippen LogP contribution in [0.15, 0.2) is 24.3 Å². The Morgan fingerprint density at radius 1 is 1.20 bits per heavy atom. The van der Waals surface area contributed by atoms with E-state index in [9.17, 15) is 3.74 Å². The Hall–Kier alpha value is -0.662. The van der Waals surface area contributed by atoms with E-state index < -0.39 is 15.7 Å². The van der Waals surface area contributed by atoms with Gasteiger partial charge in [-0.15, -0.1) is 0 Å². The van der Waals surface area contributed by atoms with Gasteiger partial charge in [-0.2, -0.15) is 0 Å². The van der Waals surface area contributed by atoms with Gasteiger partial charge in [0.2, 0.25) is 0 Å². The van der Waals surface area contributed by atoms with Crippen molar-refractivity contribution in [3.63, 3.8) is 0 Å². The van der Waals surface area contributed by atoms with Gasteiger partial charge in [0, 0.05) is 0 Å². The maximum absolute atomic E-state index is 10.3. The summed E-state index contributed by atoms with van der Waals surface area (Å²) in [6.45, 7) is 0. The standard InChI is InChI=1S/C6H5AsO2.H2O/c8-6-3-1-5(7-9)2-4-6;/h1-4,8H;1H2. The predicted octanol–water partition coefficient (Wildman–Crippen LogP) is -0.758. The third kappa shape index (κ3) is 2.29. The van der Waals surface area contributed by atoms with Gasteiger partial charge < -0.3 is 5.48 Å². The fourth-order valence-corrected chi connectivity index (χ4v) is 1.08. The molecular weight excluding hydrogens is 195 g/mol. The molecule has 0 aliphatic heterocycles. The number of benzene rings is 1. The Balaban J connectivity index is 0.000000810. The van der Waals surface area contributed by atoms with Crippen molar-refractivity contribution < 1.29 is 14.3 Å². The first-order valence-corrected chi connectivity index (χ1v) is 4.16. The van der Waals surface area contributed by atoms with E-state index in [4.69, 9.17) is 5.11 Å². The first-order valence-electron chi connectivity index (χ1n) is 2.45. The molecule has 54 valence electrons. The third-order valence-corrected chi connectivity index (χ3v) is 2.02. The second-order valence-corrected chi connectivity index (χ2v) is 3.07. The van der Waals surface area contributed by atoms with Crippen LogP contribution in [-0.2, 0) is 3.74 Å². The van der Waals surface area contributed by atoms with Crippen LogP contribution in [-0.4, -0.2) is 26.3 Å². The Morgan fingerprint density at radius 2 is 1.70 bits per heavy atom. The molecule has 0 saturated heterocycles. The Labute approximate surface area is 64.9 Å². The van der Waals surface area contributed by atoms with E-state index in [1.807, 2.05) is 0 Å². The van der Waals surface area contributed by atoms with Gasteiger partial charge in [0.1, 0.15) is 0 Å². The van der Waals surface area contributed by atoms with Gasteiger partial charge in [0.25, 0.3) is 0 Å². The van der Waals surface area contributed by atoms with Crippen molar-refractivity contribution in [3.8, 4) is 5.75 Å². The summed E-state index contributed by atoms with van der Waals surface area (Å²) in [7, 11) is 0. The van der Waals surface area contributed by atoms with Crippen LogP contribution in [0.25, 0.3) is 0 Å². The summed E-state index contributed by atoms with van der Waals surface area (Å²) in [4.78, 5) is 0. The molecule has 0 unspecified atom stereocenters. The van der Waals surface area contributed by atoms with Gasteiger partial charge in [0.15, 0.2) is 0 Å². The van der Waals surface area contributed by atoms with Crippen LogP contribution in [0.5, 0.6) is 5.75 Å². The molecule has 0 aromatic heterocycles. The molecule has 0 aliphatic rings. The van der Waals surface area contributed by atoms with Crippen LogP contribution in [0, 0.1) is 0 Å². The van der Waals surface area contributed by atoms with Gasteiger partial charge >= 0.3 is 58.9 Å². The molecule has 0 aliphatic carbocycles. The summed E-state index contributed by atoms with van der Waals surface area (Å²) in [5.41, 5.74) is 0. The van der Waals surface area contributed by atoms with Crippen LogP contribution < -0.4 is 4.35 Å². The molecule has 0 atom stereocenters. The average Bonchev–Trinajstić information content (AvgIpc) is 1.90. The molecule has 3 nitrogen and oxygen atoms in total.